The van der Waals surface area contributed by atoms with Crippen molar-refractivity contribution in [1.82, 2.24) is 4.90 Å². The van der Waals surface area contributed by atoms with Gasteiger partial charge in [-0.15, -0.1) is 0 Å². The minimum absolute atomic E-state index is 0.0165. The van der Waals surface area contributed by atoms with Gasteiger partial charge in [-0.1, -0.05) is 6.42 Å². The molecule has 14 heavy (non-hydrogen) atoms. The lowest BCUT2D eigenvalue weighted by molar-refractivity contribution is 0.0283. The Balaban J connectivity index is 1.81. The Kier molecular flexibility index (Phi) is 3.10. The summed E-state index contributed by atoms with van der Waals surface area (Å²) in [6.45, 7) is 2.73. The molecule has 0 radical (unpaired) electrons. The van der Waals surface area contributed by atoms with Crippen LogP contribution in [0, 0.1) is 0 Å². The monoisotopic (exact) mass is 198 g/mol. The minimum atomic E-state index is 0.0165. The molecule has 3 nitrogen and oxygen atoms in total. The van der Waals surface area contributed by atoms with Crippen LogP contribution in [0.1, 0.15) is 32.1 Å². The average Bonchev–Trinajstić information content (AvgIpc) is 2.00. The maximum Gasteiger partial charge on any atom is 0.0484 e. The number of hydrogen-bond acceptors (Lipinski definition) is 3. The Hall–Kier alpha value is -0.120. The van der Waals surface area contributed by atoms with E-state index in [1.54, 1.807) is 0 Å². The zero-order valence-electron chi connectivity index (χ0n) is 9.17. The van der Waals surface area contributed by atoms with Crippen LogP contribution in [0.4, 0.5) is 0 Å². The van der Waals surface area contributed by atoms with Gasteiger partial charge in [0.05, 0.1) is 0 Å². The summed E-state index contributed by atoms with van der Waals surface area (Å²) in [4.78, 5) is 2.45. The first kappa shape index (κ1) is 10.4. The molecule has 2 N–H and O–H groups in total. The third-order valence-corrected chi connectivity index (χ3v) is 3.75. The molecule has 2 aliphatic rings. The molecule has 1 heterocycles. The van der Waals surface area contributed by atoms with E-state index in [-0.39, 0.29) is 5.54 Å². The first-order chi connectivity index (χ1) is 6.70. The Bertz CT molecular complexity index is 186. The third kappa shape index (κ3) is 2.27. The van der Waals surface area contributed by atoms with Crippen LogP contribution in [0.2, 0.25) is 0 Å². The molecular formula is C11H22N2O. The van der Waals surface area contributed by atoms with E-state index in [1.165, 1.54) is 19.3 Å². The van der Waals surface area contributed by atoms with Gasteiger partial charge in [0.2, 0.25) is 0 Å². The van der Waals surface area contributed by atoms with E-state index in [4.69, 9.17) is 10.5 Å². The van der Waals surface area contributed by atoms with Gasteiger partial charge in [0.15, 0.2) is 0 Å². The molecule has 0 bridgehead atoms. The third-order valence-electron chi connectivity index (χ3n) is 3.75. The molecule has 0 atom stereocenters. The molecule has 0 spiro atoms. The van der Waals surface area contributed by atoms with E-state index in [9.17, 15) is 0 Å². The Morgan fingerprint density at radius 3 is 2.50 bits per heavy atom. The van der Waals surface area contributed by atoms with E-state index in [0.29, 0.717) is 0 Å². The summed E-state index contributed by atoms with van der Waals surface area (Å²) in [6.07, 6.45) is 6.16. The smallest absolute Gasteiger partial charge is 0.0484 e. The quantitative estimate of drug-likeness (QED) is 0.734. The molecule has 0 aromatic heterocycles. The van der Waals surface area contributed by atoms with Gasteiger partial charge in [0, 0.05) is 31.3 Å². The maximum atomic E-state index is 6.35. The summed E-state index contributed by atoms with van der Waals surface area (Å²) in [6, 6.07) is 0.804. The SMILES string of the molecule is CN(CC1(N)CCOCC1)C1CCC1. The highest BCUT2D eigenvalue weighted by Gasteiger charge is 2.32. The highest BCUT2D eigenvalue weighted by atomic mass is 16.5. The van der Waals surface area contributed by atoms with Crippen molar-refractivity contribution >= 4 is 0 Å². The molecule has 1 aliphatic carbocycles. The summed E-state index contributed by atoms with van der Waals surface area (Å²) < 4.78 is 5.35. The second-order valence-corrected chi connectivity index (χ2v) is 4.97. The Labute approximate surface area is 86.6 Å². The molecule has 0 aromatic carbocycles. The standard InChI is InChI=1S/C11H22N2O/c1-13(10-3-2-4-10)9-11(12)5-7-14-8-6-11/h10H,2-9,12H2,1H3. The van der Waals surface area contributed by atoms with Crippen LogP contribution in [-0.4, -0.2) is 43.3 Å². The van der Waals surface area contributed by atoms with Crippen LogP contribution < -0.4 is 5.73 Å². The Morgan fingerprint density at radius 2 is 2.00 bits per heavy atom. The Morgan fingerprint density at radius 1 is 1.36 bits per heavy atom. The van der Waals surface area contributed by atoms with Crippen molar-refractivity contribution < 1.29 is 4.74 Å². The van der Waals surface area contributed by atoms with Gasteiger partial charge in [-0.3, -0.25) is 0 Å². The first-order valence-electron chi connectivity index (χ1n) is 5.76. The van der Waals surface area contributed by atoms with Crippen molar-refractivity contribution in [2.45, 2.75) is 43.7 Å². The number of likely N-dealkylation sites (N-methyl/N-ethyl adjacent to an activating group) is 1. The van der Waals surface area contributed by atoms with E-state index in [1.807, 2.05) is 0 Å². The fraction of sp³-hybridized carbons (Fsp3) is 1.00. The molecule has 1 saturated carbocycles. The molecular weight excluding hydrogens is 176 g/mol. The van der Waals surface area contributed by atoms with E-state index >= 15 is 0 Å². The number of nitrogens with two attached hydrogens (primary N) is 1. The molecule has 0 aromatic rings. The minimum Gasteiger partial charge on any atom is -0.381 e. The van der Waals surface area contributed by atoms with Crippen molar-refractivity contribution in [2.24, 2.45) is 5.73 Å². The second kappa shape index (κ2) is 4.17. The van der Waals surface area contributed by atoms with E-state index < -0.39 is 0 Å². The first-order valence-corrected chi connectivity index (χ1v) is 5.76. The van der Waals surface area contributed by atoms with Gasteiger partial charge in [0.1, 0.15) is 0 Å². The van der Waals surface area contributed by atoms with Crippen molar-refractivity contribution in [3.63, 3.8) is 0 Å². The van der Waals surface area contributed by atoms with Gasteiger partial charge in [-0.05, 0) is 32.7 Å². The molecule has 2 rings (SSSR count). The summed E-state index contributed by atoms with van der Waals surface area (Å²) in [5.74, 6) is 0. The lowest BCUT2D eigenvalue weighted by Gasteiger charge is -2.42. The van der Waals surface area contributed by atoms with E-state index in [0.717, 1.165) is 38.6 Å². The van der Waals surface area contributed by atoms with Crippen molar-refractivity contribution in [3.8, 4) is 0 Å². The highest BCUT2D eigenvalue weighted by molar-refractivity contribution is 4.91. The summed E-state index contributed by atoms with van der Waals surface area (Å²) in [5.41, 5.74) is 6.37. The summed E-state index contributed by atoms with van der Waals surface area (Å²) in [7, 11) is 2.22. The van der Waals surface area contributed by atoms with E-state index in [2.05, 4.69) is 11.9 Å². The number of nitrogens with zero attached hydrogens (tertiary/aromatic N) is 1. The molecule has 3 heteroatoms. The van der Waals surface area contributed by atoms with Crippen LogP contribution in [0.15, 0.2) is 0 Å². The molecule has 1 aliphatic heterocycles. The topological polar surface area (TPSA) is 38.5 Å². The lowest BCUT2D eigenvalue weighted by Crippen LogP contribution is -2.55. The largest absolute Gasteiger partial charge is 0.381 e. The lowest BCUT2D eigenvalue weighted by atomic mass is 9.87. The van der Waals surface area contributed by atoms with Crippen LogP contribution in [0.5, 0.6) is 0 Å². The molecule has 1 saturated heterocycles. The highest BCUT2D eigenvalue weighted by Crippen LogP contribution is 2.26. The second-order valence-electron chi connectivity index (χ2n) is 4.97. The van der Waals surface area contributed by atoms with Crippen LogP contribution in [-0.2, 0) is 4.74 Å². The van der Waals surface area contributed by atoms with Crippen molar-refractivity contribution in [1.29, 1.82) is 0 Å². The van der Waals surface area contributed by atoms with Crippen molar-refractivity contribution in [3.05, 3.63) is 0 Å². The molecule has 0 amide bonds. The fourth-order valence-electron chi connectivity index (χ4n) is 2.39. The summed E-state index contributed by atoms with van der Waals surface area (Å²) >= 11 is 0. The molecule has 82 valence electrons. The predicted octanol–water partition coefficient (Wildman–Crippen LogP) is 0.979. The zero-order valence-corrected chi connectivity index (χ0v) is 9.17. The average molecular weight is 198 g/mol. The van der Waals surface area contributed by atoms with Gasteiger partial charge < -0.3 is 15.4 Å². The van der Waals surface area contributed by atoms with Crippen LogP contribution in [0.3, 0.4) is 0 Å². The molecule has 0 unspecified atom stereocenters. The fourth-order valence-corrected chi connectivity index (χ4v) is 2.39. The van der Waals surface area contributed by atoms with Crippen molar-refractivity contribution in [2.75, 3.05) is 26.8 Å². The van der Waals surface area contributed by atoms with Crippen LogP contribution >= 0.6 is 0 Å². The normalized spacial score (nSPS) is 27.6. The van der Waals surface area contributed by atoms with Gasteiger partial charge in [-0.2, -0.15) is 0 Å². The van der Waals surface area contributed by atoms with Gasteiger partial charge in [-0.25, -0.2) is 0 Å². The predicted molar refractivity (Wildman–Crippen MR) is 57.2 cm³/mol. The van der Waals surface area contributed by atoms with Gasteiger partial charge in [0.25, 0.3) is 0 Å². The zero-order chi connectivity index (χ0) is 10.0. The molecule has 2 fully saturated rings. The maximum absolute atomic E-state index is 6.35. The summed E-state index contributed by atoms with van der Waals surface area (Å²) in [5, 5.41) is 0. The van der Waals surface area contributed by atoms with Gasteiger partial charge >= 0.3 is 0 Å². The van der Waals surface area contributed by atoms with Crippen LogP contribution in [0.25, 0.3) is 0 Å². The number of hydrogen-bond donors (Lipinski definition) is 1. The number of rotatable bonds is 3. The number of ether oxygens (including phenoxy) is 1.